The summed E-state index contributed by atoms with van der Waals surface area (Å²) >= 11 is 6.00. The van der Waals surface area contributed by atoms with Gasteiger partial charge in [-0.05, 0) is 40.5 Å². The summed E-state index contributed by atoms with van der Waals surface area (Å²) in [6.45, 7) is 7.09. The van der Waals surface area contributed by atoms with Gasteiger partial charge in [0.25, 0.3) is 0 Å². The molecule has 2 bridgehead atoms. The van der Waals surface area contributed by atoms with Crippen molar-refractivity contribution in [2.24, 2.45) is 0 Å². The zero-order chi connectivity index (χ0) is 19.1. The highest BCUT2D eigenvalue weighted by Crippen LogP contribution is 2.38. The van der Waals surface area contributed by atoms with E-state index in [1.165, 1.54) is 13.1 Å². The lowest BCUT2D eigenvalue weighted by Gasteiger charge is -2.39. The number of hydrogen-bond acceptors (Lipinski definition) is 5. The largest absolute Gasteiger partial charge is 0.474 e. The van der Waals surface area contributed by atoms with E-state index in [4.69, 9.17) is 21.1 Å². The number of fused-ring (bicyclic) bond motifs is 2. The standard InChI is InChI=1S/C19H25ClN2O4/c1-11(23)15-9-17(21-10-16(15)20)25-14-7-12-5-6-13(8-14)22(12)18(24)26-19(2,3)4/h9-10,12-14H,5-8H2,1-4H3/t12-,13+,14+. The number of carbonyl (C=O) groups is 2. The minimum absolute atomic E-state index is 0.0420. The number of carbonyl (C=O) groups excluding carboxylic acids is 2. The van der Waals surface area contributed by atoms with E-state index in [1.54, 1.807) is 6.07 Å². The fourth-order valence-electron chi connectivity index (χ4n) is 3.76. The molecule has 0 spiro atoms. The van der Waals surface area contributed by atoms with Crippen LogP contribution in [0.4, 0.5) is 4.79 Å². The fraction of sp³-hybridized carbons (Fsp3) is 0.632. The number of pyridine rings is 1. The lowest BCUT2D eigenvalue weighted by Crippen LogP contribution is -2.50. The molecule has 3 rings (SSSR count). The Bertz CT molecular complexity index is 702. The smallest absolute Gasteiger partial charge is 0.410 e. The van der Waals surface area contributed by atoms with Crippen molar-refractivity contribution in [3.05, 3.63) is 22.8 Å². The Balaban J connectivity index is 1.67. The summed E-state index contributed by atoms with van der Waals surface area (Å²) in [7, 11) is 0. The molecule has 2 aliphatic rings. The number of ketones is 1. The van der Waals surface area contributed by atoms with E-state index in [-0.39, 0.29) is 30.1 Å². The van der Waals surface area contributed by atoms with Gasteiger partial charge in [0.2, 0.25) is 5.88 Å². The van der Waals surface area contributed by atoms with Crippen molar-refractivity contribution in [1.82, 2.24) is 9.88 Å². The average Bonchev–Trinajstić information content (AvgIpc) is 2.79. The first-order chi connectivity index (χ1) is 12.1. The van der Waals surface area contributed by atoms with Crippen molar-refractivity contribution in [2.45, 2.75) is 77.2 Å². The van der Waals surface area contributed by atoms with Crippen LogP contribution in [0.1, 0.15) is 63.7 Å². The third-order valence-electron chi connectivity index (χ3n) is 4.79. The number of halogens is 1. The predicted molar refractivity (Wildman–Crippen MR) is 97.8 cm³/mol. The first-order valence-electron chi connectivity index (χ1n) is 8.98. The first kappa shape index (κ1) is 19.0. The SMILES string of the molecule is CC(=O)c1cc(O[C@H]2C[C@H]3CC[C@@H](C2)N3C(=O)OC(C)(C)C)ncc1Cl. The minimum atomic E-state index is -0.500. The molecule has 3 atom stereocenters. The maximum absolute atomic E-state index is 12.5. The molecular weight excluding hydrogens is 356 g/mol. The van der Waals surface area contributed by atoms with E-state index in [0.717, 1.165) is 25.7 Å². The Labute approximate surface area is 158 Å². The fourth-order valence-corrected chi connectivity index (χ4v) is 4.00. The topological polar surface area (TPSA) is 68.7 Å². The second-order valence-electron chi connectivity index (χ2n) is 8.04. The monoisotopic (exact) mass is 380 g/mol. The van der Waals surface area contributed by atoms with Crippen molar-refractivity contribution in [1.29, 1.82) is 0 Å². The third kappa shape index (κ3) is 4.11. The molecule has 3 heterocycles. The quantitative estimate of drug-likeness (QED) is 0.733. The van der Waals surface area contributed by atoms with Gasteiger partial charge in [-0.25, -0.2) is 9.78 Å². The van der Waals surface area contributed by atoms with Crippen LogP contribution in [0.3, 0.4) is 0 Å². The summed E-state index contributed by atoms with van der Waals surface area (Å²) in [6.07, 6.45) is 4.53. The Hall–Kier alpha value is -1.82. The summed E-state index contributed by atoms with van der Waals surface area (Å²) in [6, 6.07) is 1.83. The van der Waals surface area contributed by atoms with Crippen molar-refractivity contribution in [3.63, 3.8) is 0 Å². The van der Waals surface area contributed by atoms with Gasteiger partial charge in [-0.2, -0.15) is 0 Å². The van der Waals surface area contributed by atoms with Crippen LogP contribution in [0.25, 0.3) is 0 Å². The normalized spacial score (nSPS) is 25.1. The maximum Gasteiger partial charge on any atom is 0.410 e. The third-order valence-corrected chi connectivity index (χ3v) is 5.09. The van der Waals surface area contributed by atoms with Crippen molar-refractivity contribution < 1.29 is 19.1 Å². The minimum Gasteiger partial charge on any atom is -0.474 e. The molecule has 0 saturated carbocycles. The van der Waals surface area contributed by atoms with Gasteiger partial charge >= 0.3 is 6.09 Å². The van der Waals surface area contributed by atoms with Gasteiger partial charge < -0.3 is 14.4 Å². The molecule has 142 valence electrons. The Morgan fingerprint density at radius 1 is 1.23 bits per heavy atom. The lowest BCUT2D eigenvalue weighted by atomic mass is 10.00. The molecule has 0 unspecified atom stereocenters. The number of nitrogens with zero attached hydrogens (tertiary/aromatic N) is 2. The van der Waals surface area contributed by atoms with Gasteiger partial charge in [-0.3, -0.25) is 4.79 Å². The van der Waals surface area contributed by atoms with Gasteiger partial charge in [0.05, 0.1) is 11.2 Å². The molecule has 0 N–H and O–H groups in total. The summed E-state index contributed by atoms with van der Waals surface area (Å²) in [5.41, 5.74) is -0.0916. The molecule has 2 aliphatic heterocycles. The molecule has 7 heteroatoms. The number of Topliss-reactive ketones (excluding diaryl/α,β-unsaturated/α-hetero) is 1. The highest BCUT2D eigenvalue weighted by molar-refractivity contribution is 6.33. The predicted octanol–water partition coefficient (Wildman–Crippen LogP) is 4.25. The summed E-state index contributed by atoms with van der Waals surface area (Å²) in [5.74, 6) is 0.275. The van der Waals surface area contributed by atoms with Crippen molar-refractivity contribution in [2.75, 3.05) is 0 Å². The van der Waals surface area contributed by atoms with Crippen LogP contribution < -0.4 is 4.74 Å². The van der Waals surface area contributed by atoms with Gasteiger partial charge in [0.15, 0.2) is 5.78 Å². The molecule has 6 nitrogen and oxygen atoms in total. The molecule has 26 heavy (non-hydrogen) atoms. The van der Waals surface area contributed by atoms with Gasteiger partial charge in [-0.15, -0.1) is 0 Å². The van der Waals surface area contributed by atoms with Crippen LogP contribution >= 0.6 is 11.6 Å². The van der Waals surface area contributed by atoms with Crippen molar-refractivity contribution >= 4 is 23.5 Å². The number of aromatic nitrogens is 1. The Morgan fingerprint density at radius 2 is 1.85 bits per heavy atom. The van der Waals surface area contributed by atoms with E-state index in [1.807, 2.05) is 25.7 Å². The van der Waals surface area contributed by atoms with Gasteiger partial charge in [0, 0.05) is 36.6 Å². The average molecular weight is 381 g/mol. The van der Waals surface area contributed by atoms with Crippen LogP contribution in [-0.2, 0) is 4.74 Å². The zero-order valence-electron chi connectivity index (χ0n) is 15.6. The van der Waals surface area contributed by atoms with E-state index < -0.39 is 5.60 Å². The van der Waals surface area contributed by atoms with E-state index in [0.29, 0.717) is 16.5 Å². The van der Waals surface area contributed by atoms with E-state index in [9.17, 15) is 9.59 Å². The number of ether oxygens (including phenoxy) is 2. The number of hydrogen-bond donors (Lipinski definition) is 0. The first-order valence-corrected chi connectivity index (χ1v) is 9.36. The summed E-state index contributed by atoms with van der Waals surface area (Å²) in [5, 5.41) is 0.324. The van der Waals surface area contributed by atoms with Crippen molar-refractivity contribution in [3.8, 4) is 5.88 Å². The van der Waals surface area contributed by atoms with Gasteiger partial charge in [-0.1, -0.05) is 11.6 Å². The second-order valence-corrected chi connectivity index (χ2v) is 8.45. The summed E-state index contributed by atoms with van der Waals surface area (Å²) < 4.78 is 11.6. The maximum atomic E-state index is 12.5. The van der Waals surface area contributed by atoms with Crippen LogP contribution in [0.15, 0.2) is 12.3 Å². The molecule has 0 aliphatic carbocycles. The summed E-state index contributed by atoms with van der Waals surface area (Å²) in [4.78, 5) is 30.2. The molecule has 2 saturated heterocycles. The highest BCUT2D eigenvalue weighted by Gasteiger charge is 2.45. The van der Waals surface area contributed by atoms with E-state index >= 15 is 0 Å². The number of piperidine rings is 1. The van der Waals surface area contributed by atoms with Crippen LogP contribution in [0.2, 0.25) is 5.02 Å². The second kappa shape index (κ2) is 7.06. The molecule has 1 aromatic heterocycles. The molecule has 1 aromatic rings. The molecule has 0 aromatic carbocycles. The number of amides is 1. The Kier molecular flexibility index (Phi) is 5.15. The lowest BCUT2D eigenvalue weighted by molar-refractivity contribution is -0.00762. The van der Waals surface area contributed by atoms with Crippen LogP contribution in [0, 0.1) is 0 Å². The highest BCUT2D eigenvalue weighted by atomic mass is 35.5. The van der Waals surface area contributed by atoms with Crippen LogP contribution in [0.5, 0.6) is 5.88 Å². The van der Waals surface area contributed by atoms with E-state index in [2.05, 4.69) is 4.98 Å². The van der Waals surface area contributed by atoms with Crippen LogP contribution in [-0.4, -0.2) is 45.5 Å². The Morgan fingerprint density at radius 3 is 2.38 bits per heavy atom. The molecular formula is C19H25ClN2O4. The molecule has 2 fully saturated rings. The number of rotatable bonds is 3. The molecule has 1 amide bonds. The zero-order valence-corrected chi connectivity index (χ0v) is 16.4. The van der Waals surface area contributed by atoms with Gasteiger partial charge in [0.1, 0.15) is 11.7 Å². The molecule has 0 radical (unpaired) electrons.